The number of piperidine rings is 1. The van der Waals surface area contributed by atoms with Crippen LogP contribution in [-0.2, 0) is 4.79 Å². The molecule has 3 rings (SSSR count). The highest BCUT2D eigenvalue weighted by molar-refractivity contribution is 6.30. The van der Waals surface area contributed by atoms with Gasteiger partial charge in [0.1, 0.15) is 11.9 Å². The van der Waals surface area contributed by atoms with Crippen LogP contribution in [0.5, 0.6) is 6.01 Å². The summed E-state index contributed by atoms with van der Waals surface area (Å²) in [5.74, 6) is -0.528. The van der Waals surface area contributed by atoms with E-state index in [0.717, 1.165) is 12.8 Å². The number of amides is 1. The van der Waals surface area contributed by atoms with Gasteiger partial charge in [-0.05, 0) is 25.0 Å². The number of nitrogens with zero attached hydrogens (tertiary/aromatic N) is 3. The van der Waals surface area contributed by atoms with Crippen LogP contribution in [0.25, 0.3) is 6.08 Å². The van der Waals surface area contributed by atoms with E-state index >= 15 is 0 Å². The SMILES string of the molecule is O=C(/C=C/c1ccccc1F)N1CCCC(Oc2ncc(Cl)cn2)C1. The van der Waals surface area contributed by atoms with Crippen LogP contribution in [0, 0.1) is 5.82 Å². The van der Waals surface area contributed by atoms with Gasteiger partial charge in [-0.1, -0.05) is 29.8 Å². The molecule has 0 saturated carbocycles. The van der Waals surface area contributed by atoms with Crippen molar-refractivity contribution in [2.24, 2.45) is 0 Å². The zero-order chi connectivity index (χ0) is 17.6. The highest BCUT2D eigenvalue weighted by Gasteiger charge is 2.24. The molecule has 1 aliphatic heterocycles. The van der Waals surface area contributed by atoms with Crippen molar-refractivity contribution in [2.45, 2.75) is 18.9 Å². The van der Waals surface area contributed by atoms with Crippen molar-refractivity contribution in [1.82, 2.24) is 14.9 Å². The van der Waals surface area contributed by atoms with E-state index in [2.05, 4.69) is 9.97 Å². The zero-order valence-corrected chi connectivity index (χ0v) is 14.2. The summed E-state index contributed by atoms with van der Waals surface area (Å²) in [6.07, 6.45) is 7.26. The first-order chi connectivity index (χ1) is 12.1. The molecule has 0 N–H and O–H groups in total. The first-order valence-corrected chi connectivity index (χ1v) is 8.35. The maximum Gasteiger partial charge on any atom is 0.316 e. The number of benzene rings is 1. The van der Waals surface area contributed by atoms with Crippen LogP contribution in [0.2, 0.25) is 5.02 Å². The molecule has 1 atom stereocenters. The lowest BCUT2D eigenvalue weighted by molar-refractivity contribution is -0.128. The van der Waals surface area contributed by atoms with Gasteiger partial charge < -0.3 is 9.64 Å². The molecule has 1 aromatic carbocycles. The number of likely N-dealkylation sites (tertiary alicyclic amines) is 1. The number of rotatable bonds is 4. The maximum absolute atomic E-state index is 13.6. The van der Waals surface area contributed by atoms with Crippen LogP contribution in [0.4, 0.5) is 4.39 Å². The number of ether oxygens (including phenoxy) is 1. The zero-order valence-electron chi connectivity index (χ0n) is 13.4. The van der Waals surface area contributed by atoms with Gasteiger partial charge in [0, 0.05) is 18.2 Å². The van der Waals surface area contributed by atoms with Crippen LogP contribution >= 0.6 is 11.6 Å². The number of hydrogen-bond donors (Lipinski definition) is 0. The Morgan fingerprint density at radius 3 is 2.84 bits per heavy atom. The summed E-state index contributed by atoms with van der Waals surface area (Å²) in [6.45, 7) is 1.08. The number of carbonyl (C=O) groups is 1. The Balaban J connectivity index is 1.59. The third-order valence-electron chi connectivity index (χ3n) is 3.87. The lowest BCUT2D eigenvalue weighted by Gasteiger charge is -2.31. The van der Waals surface area contributed by atoms with Crippen LogP contribution < -0.4 is 4.74 Å². The number of carbonyl (C=O) groups excluding carboxylic acids is 1. The quantitative estimate of drug-likeness (QED) is 0.784. The molecule has 0 bridgehead atoms. The van der Waals surface area contributed by atoms with E-state index in [1.54, 1.807) is 23.1 Å². The van der Waals surface area contributed by atoms with Crippen LogP contribution in [0.3, 0.4) is 0 Å². The summed E-state index contributed by atoms with van der Waals surface area (Å²) in [7, 11) is 0. The minimum atomic E-state index is -0.355. The molecule has 25 heavy (non-hydrogen) atoms. The summed E-state index contributed by atoms with van der Waals surface area (Å²) >= 11 is 5.75. The smallest absolute Gasteiger partial charge is 0.316 e. The van der Waals surface area contributed by atoms with E-state index < -0.39 is 0 Å². The first kappa shape index (κ1) is 17.4. The summed E-state index contributed by atoms with van der Waals surface area (Å²) in [4.78, 5) is 22.0. The molecular weight excluding hydrogens is 345 g/mol. The van der Waals surface area contributed by atoms with Gasteiger partial charge in [-0.25, -0.2) is 14.4 Å². The molecule has 1 unspecified atom stereocenters. The van der Waals surface area contributed by atoms with E-state index in [-0.39, 0.29) is 23.8 Å². The number of halogens is 2. The Bertz CT molecular complexity index is 767. The Hall–Kier alpha value is -2.47. The Morgan fingerprint density at radius 1 is 1.32 bits per heavy atom. The maximum atomic E-state index is 13.6. The van der Waals surface area contributed by atoms with Gasteiger partial charge in [0.2, 0.25) is 5.91 Å². The number of aromatic nitrogens is 2. The molecule has 1 fully saturated rings. The predicted octanol–water partition coefficient (Wildman–Crippen LogP) is 3.35. The fraction of sp³-hybridized carbons (Fsp3) is 0.278. The monoisotopic (exact) mass is 361 g/mol. The standard InChI is InChI=1S/C18H17ClFN3O2/c19-14-10-21-18(22-11-14)25-15-5-3-9-23(12-15)17(24)8-7-13-4-1-2-6-16(13)20/h1-2,4,6-8,10-11,15H,3,5,9,12H2/b8-7+. The topological polar surface area (TPSA) is 55.3 Å². The first-order valence-electron chi connectivity index (χ1n) is 7.97. The summed E-state index contributed by atoms with van der Waals surface area (Å²) in [5.41, 5.74) is 0.384. The molecule has 1 amide bonds. The van der Waals surface area contributed by atoms with Gasteiger partial charge in [0.05, 0.1) is 24.0 Å². The van der Waals surface area contributed by atoms with Crippen molar-refractivity contribution in [3.05, 3.63) is 59.1 Å². The van der Waals surface area contributed by atoms with Crippen molar-refractivity contribution >= 4 is 23.6 Å². The van der Waals surface area contributed by atoms with E-state index in [1.165, 1.54) is 30.6 Å². The molecule has 5 nitrogen and oxygen atoms in total. The Labute approximate surface area is 150 Å². The van der Waals surface area contributed by atoms with Gasteiger partial charge >= 0.3 is 6.01 Å². The molecule has 2 aromatic rings. The molecule has 1 aliphatic rings. The minimum Gasteiger partial charge on any atom is -0.458 e. The molecule has 130 valence electrons. The van der Waals surface area contributed by atoms with E-state index in [9.17, 15) is 9.18 Å². The number of hydrogen-bond acceptors (Lipinski definition) is 4. The average Bonchev–Trinajstić information content (AvgIpc) is 2.63. The molecule has 0 radical (unpaired) electrons. The second-order valence-corrected chi connectivity index (χ2v) is 6.14. The largest absolute Gasteiger partial charge is 0.458 e. The Kier molecular flexibility index (Phi) is 5.60. The lowest BCUT2D eigenvalue weighted by Crippen LogP contribution is -2.43. The molecule has 0 spiro atoms. The van der Waals surface area contributed by atoms with E-state index in [0.29, 0.717) is 23.7 Å². The van der Waals surface area contributed by atoms with Gasteiger partial charge in [0.25, 0.3) is 0 Å². The molecular formula is C18H17ClFN3O2. The molecule has 7 heteroatoms. The normalized spacial score (nSPS) is 17.7. The Morgan fingerprint density at radius 2 is 2.08 bits per heavy atom. The highest BCUT2D eigenvalue weighted by Crippen LogP contribution is 2.17. The van der Waals surface area contributed by atoms with Gasteiger partial charge in [-0.15, -0.1) is 0 Å². The van der Waals surface area contributed by atoms with Gasteiger partial charge in [-0.2, -0.15) is 0 Å². The lowest BCUT2D eigenvalue weighted by atomic mass is 10.1. The highest BCUT2D eigenvalue weighted by atomic mass is 35.5. The predicted molar refractivity (Wildman–Crippen MR) is 92.7 cm³/mol. The average molecular weight is 362 g/mol. The second-order valence-electron chi connectivity index (χ2n) is 5.71. The van der Waals surface area contributed by atoms with E-state index in [4.69, 9.17) is 16.3 Å². The third-order valence-corrected chi connectivity index (χ3v) is 4.06. The van der Waals surface area contributed by atoms with Crippen LogP contribution in [-0.4, -0.2) is 40.0 Å². The molecule has 1 aromatic heterocycles. The van der Waals surface area contributed by atoms with Crippen molar-refractivity contribution in [2.75, 3.05) is 13.1 Å². The fourth-order valence-corrected chi connectivity index (χ4v) is 2.72. The second kappa shape index (κ2) is 8.07. The van der Waals surface area contributed by atoms with Crippen molar-refractivity contribution in [3.8, 4) is 6.01 Å². The molecule has 2 heterocycles. The third kappa shape index (κ3) is 4.76. The van der Waals surface area contributed by atoms with Gasteiger partial charge in [-0.3, -0.25) is 4.79 Å². The van der Waals surface area contributed by atoms with Crippen molar-refractivity contribution in [3.63, 3.8) is 0 Å². The van der Waals surface area contributed by atoms with Crippen molar-refractivity contribution < 1.29 is 13.9 Å². The van der Waals surface area contributed by atoms with Crippen molar-refractivity contribution in [1.29, 1.82) is 0 Å². The van der Waals surface area contributed by atoms with Gasteiger partial charge in [0.15, 0.2) is 0 Å². The van der Waals surface area contributed by atoms with Crippen LogP contribution in [0.15, 0.2) is 42.7 Å². The molecule has 1 saturated heterocycles. The fourth-order valence-electron chi connectivity index (χ4n) is 2.62. The summed E-state index contributed by atoms with van der Waals surface area (Å²) in [6, 6.07) is 6.56. The van der Waals surface area contributed by atoms with Crippen LogP contribution in [0.1, 0.15) is 18.4 Å². The van der Waals surface area contributed by atoms with E-state index in [1.807, 2.05) is 0 Å². The summed E-state index contributed by atoms with van der Waals surface area (Å²) in [5, 5.41) is 0.436. The summed E-state index contributed by atoms with van der Waals surface area (Å²) < 4.78 is 19.3. The molecule has 0 aliphatic carbocycles. The minimum absolute atomic E-state index is 0.173.